The highest BCUT2D eigenvalue weighted by Crippen LogP contribution is 2.31. The average Bonchev–Trinajstić information content (AvgIpc) is 3.25. The van der Waals surface area contributed by atoms with E-state index in [0.29, 0.717) is 24.6 Å². The van der Waals surface area contributed by atoms with E-state index in [1.54, 1.807) is 22.7 Å². The Morgan fingerprint density at radius 1 is 1.24 bits per heavy atom. The number of hydrogen-bond acceptors (Lipinski definition) is 5. The van der Waals surface area contributed by atoms with Crippen LogP contribution in [-0.4, -0.2) is 17.6 Å². The van der Waals surface area contributed by atoms with Gasteiger partial charge < -0.3 is 15.4 Å². The Kier molecular flexibility index (Phi) is 5.67. The first kappa shape index (κ1) is 17.4. The quantitative estimate of drug-likeness (QED) is 0.646. The van der Waals surface area contributed by atoms with Crippen molar-refractivity contribution < 1.29 is 9.53 Å². The van der Waals surface area contributed by atoms with Gasteiger partial charge in [-0.1, -0.05) is 18.2 Å². The van der Waals surface area contributed by atoms with Gasteiger partial charge in [0.05, 0.1) is 29.4 Å². The van der Waals surface area contributed by atoms with Gasteiger partial charge >= 0.3 is 6.03 Å². The Labute approximate surface area is 154 Å². The Morgan fingerprint density at radius 3 is 2.84 bits per heavy atom. The summed E-state index contributed by atoms with van der Waals surface area (Å²) in [5, 5.41) is 8.74. The molecule has 2 N–H and O–H groups in total. The van der Waals surface area contributed by atoms with Crippen molar-refractivity contribution in [1.29, 1.82) is 0 Å². The molecule has 2 aromatic heterocycles. The number of thiophene rings is 1. The number of amides is 2. The first-order valence-electron chi connectivity index (χ1n) is 7.94. The van der Waals surface area contributed by atoms with E-state index in [1.807, 2.05) is 49.6 Å². The van der Waals surface area contributed by atoms with E-state index in [1.165, 1.54) is 0 Å². The van der Waals surface area contributed by atoms with Crippen LogP contribution >= 0.6 is 22.7 Å². The van der Waals surface area contributed by atoms with E-state index in [9.17, 15) is 4.79 Å². The van der Waals surface area contributed by atoms with Crippen LogP contribution in [0.1, 0.15) is 17.5 Å². The summed E-state index contributed by atoms with van der Waals surface area (Å²) < 4.78 is 5.52. The highest BCUT2D eigenvalue weighted by molar-refractivity contribution is 7.21. The molecule has 2 heterocycles. The van der Waals surface area contributed by atoms with Gasteiger partial charge in [0.1, 0.15) is 10.8 Å². The molecule has 5 nitrogen and oxygen atoms in total. The summed E-state index contributed by atoms with van der Waals surface area (Å²) in [4.78, 5) is 19.0. The van der Waals surface area contributed by atoms with Gasteiger partial charge in [0.25, 0.3) is 0 Å². The van der Waals surface area contributed by atoms with Crippen LogP contribution in [0.25, 0.3) is 9.88 Å². The van der Waals surface area contributed by atoms with Crippen LogP contribution in [0.2, 0.25) is 0 Å². The van der Waals surface area contributed by atoms with Crippen molar-refractivity contribution in [2.45, 2.75) is 20.4 Å². The van der Waals surface area contributed by atoms with Crippen molar-refractivity contribution >= 4 is 34.4 Å². The molecule has 3 rings (SSSR count). The summed E-state index contributed by atoms with van der Waals surface area (Å²) in [5.41, 5.74) is 1.60. The highest BCUT2D eigenvalue weighted by atomic mass is 32.1. The SMILES string of the molecule is CCOc1ccccc1NC(=O)NCc1sc(-c2cccs2)nc1C. The molecule has 0 saturated heterocycles. The van der Waals surface area contributed by atoms with Crippen LogP contribution < -0.4 is 15.4 Å². The monoisotopic (exact) mass is 373 g/mol. The van der Waals surface area contributed by atoms with E-state index in [-0.39, 0.29) is 6.03 Å². The number of rotatable bonds is 6. The fourth-order valence-corrected chi connectivity index (χ4v) is 4.07. The summed E-state index contributed by atoms with van der Waals surface area (Å²) in [6.45, 7) is 4.87. The molecule has 0 saturated carbocycles. The number of benzene rings is 1. The smallest absolute Gasteiger partial charge is 0.319 e. The summed E-state index contributed by atoms with van der Waals surface area (Å²) in [6.07, 6.45) is 0. The lowest BCUT2D eigenvalue weighted by molar-refractivity contribution is 0.251. The molecule has 1 aromatic carbocycles. The standard InChI is InChI=1S/C18H19N3O2S2/c1-3-23-14-8-5-4-7-13(14)21-18(22)19-11-16-12(2)20-17(25-16)15-9-6-10-24-15/h4-10H,3,11H2,1-2H3,(H2,19,21,22). The molecular weight excluding hydrogens is 354 g/mol. The highest BCUT2D eigenvalue weighted by Gasteiger charge is 2.12. The van der Waals surface area contributed by atoms with Crippen molar-refractivity contribution in [2.24, 2.45) is 0 Å². The minimum atomic E-state index is -0.266. The molecule has 0 spiro atoms. The van der Waals surface area contributed by atoms with Gasteiger partial charge in [0, 0.05) is 4.88 Å². The number of para-hydroxylation sites is 2. The maximum atomic E-state index is 12.2. The van der Waals surface area contributed by atoms with Gasteiger partial charge in [0.15, 0.2) is 0 Å². The molecule has 0 fully saturated rings. The lowest BCUT2D eigenvalue weighted by Crippen LogP contribution is -2.28. The molecular formula is C18H19N3O2S2. The van der Waals surface area contributed by atoms with Crippen LogP contribution in [0, 0.1) is 6.92 Å². The molecule has 0 radical (unpaired) electrons. The van der Waals surface area contributed by atoms with Crippen LogP contribution in [0.5, 0.6) is 5.75 Å². The fourth-order valence-electron chi connectivity index (χ4n) is 2.28. The lowest BCUT2D eigenvalue weighted by Gasteiger charge is -2.11. The zero-order valence-electron chi connectivity index (χ0n) is 14.0. The second kappa shape index (κ2) is 8.13. The second-order valence-electron chi connectivity index (χ2n) is 5.24. The molecule has 0 unspecified atom stereocenters. The van der Waals surface area contributed by atoms with E-state index in [4.69, 9.17) is 4.74 Å². The maximum absolute atomic E-state index is 12.2. The second-order valence-corrected chi connectivity index (χ2v) is 7.27. The maximum Gasteiger partial charge on any atom is 0.319 e. The zero-order valence-corrected chi connectivity index (χ0v) is 15.7. The number of nitrogens with zero attached hydrogens (tertiary/aromatic N) is 1. The average molecular weight is 374 g/mol. The topological polar surface area (TPSA) is 63.2 Å². The first-order chi connectivity index (χ1) is 12.2. The van der Waals surface area contributed by atoms with E-state index in [0.717, 1.165) is 20.5 Å². The molecule has 7 heteroatoms. The Hall–Kier alpha value is -2.38. The number of aromatic nitrogens is 1. The van der Waals surface area contributed by atoms with Crippen LogP contribution in [0.3, 0.4) is 0 Å². The third-order valence-corrected chi connectivity index (χ3v) is 5.67. The molecule has 2 amide bonds. The number of hydrogen-bond donors (Lipinski definition) is 2. The minimum absolute atomic E-state index is 0.266. The van der Waals surface area contributed by atoms with Gasteiger partial charge in [-0.15, -0.1) is 22.7 Å². The summed E-state index contributed by atoms with van der Waals surface area (Å²) in [7, 11) is 0. The molecule has 0 aliphatic heterocycles. The first-order valence-corrected chi connectivity index (χ1v) is 9.64. The number of anilines is 1. The summed E-state index contributed by atoms with van der Waals surface area (Å²) in [5.74, 6) is 0.661. The molecule has 0 aliphatic rings. The number of carbonyl (C=O) groups is 1. The van der Waals surface area contributed by atoms with Crippen LogP contribution in [0.15, 0.2) is 41.8 Å². The van der Waals surface area contributed by atoms with E-state index >= 15 is 0 Å². The molecule has 0 atom stereocenters. The van der Waals surface area contributed by atoms with Crippen molar-refractivity contribution in [3.63, 3.8) is 0 Å². The van der Waals surface area contributed by atoms with Gasteiger partial charge in [-0.3, -0.25) is 0 Å². The van der Waals surface area contributed by atoms with Gasteiger partial charge in [-0.2, -0.15) is 0 Å². The Bertz CT molecular complexity index is 844. The number of aryl methyl sites for hydroxylation is 1. The molecule has 130 valence electrons. The number of nitrogens with one attached hydrogen (secondary N) is 2. The van der Waals surface area contributed by atoms with Crippen molar-refractivity contribution in [3.05, 3.63) is 52.3 Å². The number of thiazole rings is 1. The summed E-state index contributed by atoms with van der Waals surface area (Å²) in [6, 6.07) is 11.2. The molecule has 3 aromatic rings. The van der Waals surface area contributed by atoms with Crippen molar-refractivity contribution in [2.75, 3.05) is 11.9 Å². The van der Waals surface area contributed by atoms with Crippen molar-refractivity contribution in [1.82, 2.24) is 10.3 Å². The van der Waals surface area contributed by atoms with Gasteiger partial charge in [0.2, 0.25) is 0 Å². The molecule has 0 bridgehead atoms. The fraction of sp³-hybridized carbons (Fsp3) is 0.222. The predicted molar refractivity (Wildman–Crippen MR) is 104 cm³/mol. The number of ether oxygens (including phenoxy) is 1. The van der Waals surface area contributed by atoms with E-state index in [2.05, 4.69) is 21.7 Å². The third kappa shape index (κ3) is 4.37. The minimum Gasteiger partial charge on any atom is -0.492 e. The third-order valence-electron chi connectivity index (χ3n) is 3.47. The number of carbonyl (C=O) groups excluding carboxylic acids is 1. The summed E-state index contributed by atoms with van der Waals surface area (Å²) >= 11 is 3.27. The molecule has 0 aliphatic carbocycles. The largest absolute Gasteiger partial charge is 0.492 e. The van der Waals surface area contributed by atoms with Crippen molar-refractivity contribution in [3.8, 4) is 15.6 Å². The van der Waals surface area contributed by atoms with Gasteiger partial charge in [-0.25, -0.2) is 9.78 Å². The van der Waals surface area contributed by atoms with Crippen LogP contribution in [0.4, 0.5) is 10.5 Å². The van der Waals surface area contributed by atoms with Gasteiger partial charge in [-0.05, 0) is 37.4 Å². The lowest BCUT2D eigenvalue weighted by atomic mass is 10.3. The predicted octanol–water partition coefficient (Wildman–Crippen LogP) is 4.90. The Morgan fingerprint density at radius 2 is 2.08 bits per heavy atom. The normalized spacial score (nSPS) is 10.5. The number of urea groups is 1. The van der Waals surface area contributed by atoms with E-state index < -0.39 is 0 Å². The van der Waals surface area contributed by atoms with Crippen LogP contribution in [-0.2, 0) is 6.54 Å². The zero-order chi connectivity index (χ0) is 17.6. The molecule has 25 heavy (non-hydrogen) atoms. The Balaban J connectivity index is 1.61.